The second kappa shape index (κ2) is 8.38. The smallest absolute Gasteiger partial charge is 0.123 e. The molecule has 0 radical (unpaired) electrons. The van der Waals surface area contributed by atoms with Crippen LogP contribution in [0.15, 0.2) is 24.3 Å². The van der Waals surface area contributed by atoms with E-state index in [1.54, 1.807) is 12.1 Å². The molecule has 1 saturated heterocycles. The van der Waals surface area contributed by atoms with Gasteiger partial charge in [-0.3, -0.25) is 0 Å². The molecule has 1 heterocycles. The van der Waals surface area contributed by atoms with Crippen molar-refractivity contribution in [1.82, 2.24) is 4.90 Å². The van der Waals surface area contributed by atoms with Crippen LogP contribution in [0.2, 0.25) is 0 Å². The minimum absolute atomic E-state index is 0.145. The van der Waals surface area contributed by atoms with Crippen LogP contribution in [0.1, 0.15) is 31.7 Å². The topological polar surface area (TPSA) is 12.5 Å². The Labute approximate surface area is 121 Å². The Morgan fingerprint density at radius 1 is 1.30 bits per heavy atom. The third-order valence-electron chi connectivity index (χ3n) is 4.11. The van der Waals surface area contributed by atoms with Crippen LogP contribution in [0.4, 0.5) is 4.39 Å². The van der Waals surface area contributed by atoms with E-state index in [-0.39, 0.29) is 5.82 Å². The first-order valence-corrected chi connectivity index (χ1v) is 7.82. The summed E-state index contributed by atoms with van der Waals surface area (Å²) in [5.41, 5.74) is 1.25. The molecule has 1 aromatic rings. The summed E-state index contributed by atoms with van der Waals surface area (Å²) in [4.78, 5) is 2.52. The highest BCUT2D eigenvalue weighted by Crippen LogP contribution is 2.21. The number of hydrogen-bond donors (Lipinski definition) is 0. The van der Waals surface area contributed by atoms with Crippen molar-refractivity contribution < 1.29 is 9.13 Å². The van der Waals surface area contributed by atoms with Crippen molar-refractivity contribution in [3.05, 3.63) is 35.6 Å². The lowest BCUT2D eigenvalue weighted by atomic mass is 9.91. The van der Waals surface area contributed by atoms with Gasteiger partial charge in [-0.1, -0.05) is 12.1 Å². The molecule has 2 rings (SSSR count). The maximum Gasteiger partial charge on any atom is 0.123 e. The van der Waals surface area contributed by atoms with Gasteiger partial charge in [-0.2, -0.15) is 0 Å². The molecule has 112 valence electrons. The molecule has 1 atom stereocenters. The molecular formula is C17H26FNO. The van der Waals surface area contributed by atoms with Crippen LogP contribution in [0.3, 0.4) is 0 Å². The van der Waals surface area contributed by atoms with Gasteiger partial charge in [0.15, 0.2) is 0 Å². The molecule has 1 aliphatic heterocycles. The molecule has 0 amide bonds. The van der Waals surface area contributed by atoms with Crippen LogP contribution >= 0.6 is 0 Å². The van der Waals surface area contributed by atoms with Crippen molar-refractivity contribution in [3.8, 4) is 0 Å². The van der Waals surface area contributed by atoms with Gasteiger partial charge in [0.25, 0.3) is 0 Å². The van der Waals surface area contributed by atoms with Gasteiger partial charge in [-0.25, -0.2) is 4.39 Å². The van der Waals surface area contributed by atoms with Gasteiger partial charge in [0.05, 0.1) is 6.61 Å². The largest absolute Gasteiger partial charge is 0.380 e. The van der Waals surface area contributed by atoms with Gasteiger partial charge in [-0.05, 0) is 62.8 Å². The average Bonchev–Trinajstić information content (AvgIpc) is 2.47. The van der Waals surface area contributed by atoms with Gasteiger partial charge < -0.3 is 9.64 Å². The number of ether oxygens (including phenoxy) is 1. The molecule has 0 aliphatic carbocycles. The zero-order valence-corrected chi connectivity index (χ0v) is 12.5. The predicted octanol–water partition coefficient (Wildman–Crippen LogP) is 3.51. The first kappa shape index (κ1) is 15.5. The van der Waals surface area contributed by atoms with Crippen molar-refractivity contribution in [3.63, 3.8) is 0 Å². The minimum Gasteiger partial charge on any atom is -0.380 e. The fourth-order valence-corrected chi connectivity index (χ4v) is 2.95. The van der Waals surface area contributed by atoms with E-state index in [0.717, 1.165) is 32.1 Å². The molecule has 0 N–H and O–H groups in total. The number of piperidine rings is 1. The maximum absolute atomic E-state index is 12.9. The molecule has 1 fully saturated rings. The van der Waals surface area contributed by atoms with Crippen molar-refractivity contribution in [2.24, 2.45) is 5.92 Å². The Bertz CT molecular complexity index is 379. The molecule has 1 aliphatic rings. The summed E-state index contributed by atoms with van der Waals surface area (Å²) in [5.74, 6) is 0.629. The van der Waals surface area contributed by atoms with E-state index in [1.807, 2.05) is 19.1 Å². The summed E-state index contributed by atoms with van der Waals surface area (Å²) in [6, 6.07) is 6.94. The van der Waals surface area contributed by atoms with E-state index in [1.165, 1.54) is 37.9 Å². The zero-order chi connectivity index (χ0) is 14.2. The monoisotopic (exact) mass is 279 g/mol. The summed E-state index contributed by atoms with van der Waals surface area (Å²) in [6.07, 6.45) is 4.88. The normalized spacial score (nSPS) is 20.2. The fraction of sp³-hybridized carbons (Fsp3) is 0.647. The van der Waals surface area contributed by atoms with E-state index in [4.69, 9.17) is 4.74 Å². The third-order valence-corrected chi connectivity index (χ3v) is 4.11. The Balaban J connectivity index is 1.71. The molecule has 0 aromatic heterocycles. The SMILES string of the molecule is CCOCCN1CCCC(CCc2ccc(F)cc2)C1. The van der Waals surface area contributed by atoms with Crippen molar-refractivity contribution in [2.75, 3.05) is 32.8 Å². The second-order valence-corrected chi connectivity index (χ2v) is 5.67. The number of nitrogens with zero attached hydrogens (tertiary/aromatic N) is 1. The van der Waals surface area contributed by atoms with Crippen LogP contribution in [0.25, 0.3) is 0 Å². The lowest BCUT2D eigenvalue weighted by molar-refractivity contribution is 0.0903. The highest BCUT2D eigenvalue weighted by atomic mass is 19.1. The Morgan fingerprint density at radius 3 is 2.85 bits per heavy atom. The summed E-state index contributed by atoms with van der Waals surface area (Å²) >= 11 is 0. The van der Waals surface area contributed by atoms with Crippen LogP contribution in [-0.4, -0.2) is 37.7 Å². The quantitative estimate of drug-likeness (QED) is 0.708. The summed E-state index contributed by atoms with van der Waals surface area (Å²) in [6.45, 7) is 7.15. The number of rotatable bonds is 7. The third kappa shape index (κ3) is 5.22. The predicted molar refractivity (Wildman–Crippen MR) is 80.4 cm³/mol. The summed E-state index contributed by atoms with van der Waals surface area (Å²) in [7, 11) is 0. The first-order valence-electron chi connectivity index (χ1n) is 7.82. The van der Waals surface area contributed by atoms with E-state index in [9.17, 15) is 4.39 Å². The fourth-order valence-electron chi connectivity index (χ4n) is 2.95. The van der Waals surface area contributed by atoms with E-state index >= 15 is 0 Å². The molecule has 3 heteroatoms. The molecular weight excluding hydrogens is 253 g/mol. The van der Waals surface area contributed by atoms with Crippen molar-refractivity contribution in [1.29, 1.82) is 0 Å². The Hall–Kier alpha value is -0.930. The second-order valence-electron chi connectivity index (χ2n) is 5.67. The lowest BCUT2D eigenvalue weighted by Gasteiger charge is -2.32. The highest BCUT2D eigenvalue weighted by Gasteiger charge is 2.19. The van der Waals surface area contributed by atoms with Crippen molar-refractivity contribution >= 4 is 0 Å². The number of halogens is 1. The van der Waals surface area contributed by atoms with E-state index < -0.39 is 0 Å². The summed E-state index contributed by atoms with van der Waals surface area (Å²) < 4.78 is 18.3. The van der Waals surface area contributed by atoms with Crippen LogP contribution in [-0.2, 0) is 11.2 Å². The maximum atomic E-state index is 12.9. The van der Waals surface area contributed by atoms with Crippen LogP contribution in [0, 0.1) is 11.7 Å². The van der Waals surface area contributed by atoms with Gasteiger partial charge >= 0.3 is 0 Å². The molecule has 0 spiro atoms. The van der Waals surface area contributed by atoms with Crippen LogP contribution < -0.4 is 0 Å². The number of aryl methyl sites for hydroxylation is 1. The standard InChI is InChI=1S/C17H26FNO/c1-2-20-13-12-19-11-3-4-16(14-19)6-5-15-7-9-17(18)10-8-15/h7-10,16H,2-6,11-14H2,1H3. The minimum atomic E-state index is -0.145. The Morgan fingerprint density at radius 2 is 2.10 bits per heavy atom. The Kier molecular flexibility index (Phi) is 6.48. The summed E-state index contributed by atoms with van der Waals surface area (Å²) in [5, 5.41) is 0. The van der Waals surface area contributed by atoms with Gasteiger partial charge in [0.2, 0.25) is 0 Å². The van der Waals surface area contributed by atoms with E-state index in [0.29, 0.717) is 0 Å². The first-order chi connectivity index (χ1) is 9.78. The average molecular weight is 279 g/mol. The molecule has 2 nitrogen and oxygen atoms in total. The van der Waals surface area contributed by atoms with Gasteiger partial charge in [0, 0.05) is 19.7 Å². The number of benzene rings is 1. The van der Waals surface area contributed by atoms with E-state index in [2.05, 4.69) is 4.90 Å². The van der Waals surface area contributed by atoms with Gasteiger partial charge in [-0.15, -0.1) is 0 Å². The van der Waals surface area contributed by atoms with Crippen LogP contribution in [0.5, 0.6) is 0 Å². The molecule has 0 bridgehead atoms. The van der Waals surface area contributed by atoms with Gasteiger partial charge in [0.1, 0.15) is 5.82 Å². The number of likely N-dealkylation sites (tertiary alicyclic amines) is 1. The lowest BCUT2D eigenvalue weighted by Crippen LogP contribution is -2.37. The molecule has 1 aromatic carbocycles. The zero-order valence-electron chi connectivity index (χ0n) is 12.5. The van der Waals surface area contributed by atoms with Crippen molar-refractivity contribution in [2.45, 2.75) is 32.6 Å². The number of hydrogen-bond acceptors (Lipinski definition) is 2. The molecule has 1 unspecified atom stereocenters. The molecule has 0 saturated carbocycles. The molecule has 20 heavy (non-hydrogen) atoms. The highest BCUT2D eigenvalue weighted by molar-refractivity contribution is 5.16.